The molecule has 1 atom stereocenters. The molecule has 1 aliphatic heterocycles. The first kappa shape index (κ1) is 7.91. The third kappa shape index (κ3) is 1.11. The summed E-state index contributed by atoms with van der Waals surface area (Å²) >= 11 is 0. The largest absolute Gasteiger partial charge is 0.477 e. The first-order valence-corrected chi connectivity index (χ1v) is 3.91. The van der Waals surface area contributed by atoms with Gasteiger partial charge in [0.2, 0.25) is 0 Å². The van der Waals surface area contributed by atoms with Gasteiger partial charge in [-0.1, -0.05) is 12.1 Å². The first-order valence-electron chi connectivity index (χ1n) is 3.91. The third-order valence-electron chi connectivity index (χ3n) is 1.98. The van der Waals surface area contributed by atoms with E-state index in [9.17, 15) is 4.79 Å². The van der Waals surface area contributed by atoms with Crippen LogP contribution < -0.4 is 10.1 Å². The van der Waals surface area contributed by atoms with Gasteiger partial charge >= 0.3 is 5.97 Å². The van der Waals surface area contributed by atoms with Crippen LogP contribution in [0.25, 0.3) is 0 Å². The van der Waals surface area contributed by atoms with Crippen LogP contribution in [0.2, 0.25) is 0 Å². The van der Waals surface area contributed by atoms with Gasteiger partial charge in [0.05, 0.1) is 5.69 Å². The number of carbonyl (C=O) groups is 1. The number of rotatable bonds is 1. The summed E-state index contributed by atoms with van der Waals surface area (Å²) in [5, 5.41) is 11.6. The summed E-state index contributed by atoms with van der Waals surface area (Å²) < 4.78 is 5.25. The van der Waals surface area contributed by atoms with Crippen LogP contribution in [0.1, 0.15) is 6.92 Å². The molecule has 0 amide bonds. The van der Waals surface area contributed by atoms with Gasteiger partial charge in [0.1, 0.15) is 5.75 Å². The zero-order chi connectivity index (χ0) is 9.47. The van der Waals surface area contributed by atoms with Gasteiger partial charge in [-0.15, -0.1) is 0 Å². The number of ether oxygens (including phenoxy) is 1. The Labute approximate surface area is 75.1 Å². The molecule has 0 saturated heterocycles. The van der Waals surface area contributed by atoms with E-state index in [1.54, 1.807) is 18.2 Å². The molecule has 4 nitrogen and oxygen atoms in total. The van der Waals surface area contributed by atoms with Gasteiger partial charge in [0.15, 0.2) is 0 Å². The molecule has 4 heteroatoms. The summed E-state index contributed by atoms with van der Waals surface area (Å²) in [5.74, 6) is -0.448. The van der Waals surface area contributed by atoms with E-state index in [2.05, 4.69) is 5.32 Å². The van der Waals surface area contributed by atoms with Crippen LogP contribution in [0.5, 0.6) is 5.75 Å². The summed E-state index contributed by atoms with van der Waals surface area (Å²) in [6.45, 7) is 1.48. The monoisotopic (exact) mass is 179 g/mol. The molecule has 1 aromatic rings. The maximum Gasteiger partial charge on any atom is 0.369 e. The predicted molar refractivity (Wildman–Crippen MR) is 46.7 cm³/mol. The zero-order valence-electron chi connectivity index (χ0n) is 7.07. The minimum absolute atomic E-state index is 0.576. The van der Waals surface area contributed by atoms with Gasteiger partial charge in [-0.05, 0) is 12.1 Å². The van der Waals surface area contributed by atoms with Crippen molar-refractivity contribution in [2.45, 2.75) is 12.6 Å². The fourth-order valence-corrected chi connectivity index (χ4v) is 1.26. The molecule has 1 aliphatic rings. The molecule has 0 radical (unpaired) electrons. The van der Waals surface area contributed by atoms with Crippen molar-refractivity contribution in [2.75, 3.05) is 5.32 Å². The van der Waals surface area contributed by atoms with Crippen LogP contribution in [0.15, 0.2) is 24.3 Å². The van der Waals surface area contributed by atoms with Crippen molar-refractivity contribution in [1.82, 2.24) is 0 Å². The normalized spacial score (nSPS) is 24.4. The summed E-state index contributed by atoms with van der Waals surface area (Å²) in [7, 11) is 0. The van der Waals surface area contributed by atoms with E-state index in [0.29, 0.717) is 11.4 Å². The van der Waals surface area contributed by atoms with Crippen molar-refractivity contribution in [3.63, 3.8) is 0 Å². The molecule has 0 spiro atoms. The van der Waals surface area contributed by atoms with Crippen LogP contribution in [0.3, 0.4) is 0 Å². The van der Waals surface area contributed by atoms with Crippen LogP contribution in [0.4, 0.5) is 5.69 Å². The Morgan fingerprint density at radius 1 is 1.54 bits per heavy atom. The Bertz CT molecular complexity index is 337. The summed E-state index contributed by atoms with van der Waals surface area (Å²) in [6, 6.07) is 7.14. The van der Waals surface area contributed by atoms with E-state index in [0.717, 1.165) is 0 Å². The van der Waals surface area contributed by atoms with E-state index >= 15 is 0 Å². The predicted octanol–water partition coefficient (Wildman–Crippen LogP) is 1.29. The minimum atomic E-state index is -1.33. The van der Waals surface area contributed by atoms with Gasteiger partial charge in [-0.2, -0.15) is 0 Å². The molecular weight excluding hydrogens is 170 g/mol. The molecule has 2 N–H and O–H groups in total. The fourth-order valence-electron chi connectivity index (χ4n) is 1.26. The number of hydrogen-bond donors (Lipinski definition) is 2. The summed E-state index contributed by atoms with van der Waals surface area (Å²) in [4.78, 5) is 10.8. The molecule has 68 valence electrons. The topological polar surface area (TPSA) is 58.6 Å². The smallest absolute Gasteiger partial charge is 0.369 e. The Hall–Kier alpha value is -1.71. The van der Waals surface area contributed by atoms with Crippen LogP contribution in [-0.2, 0) is 4.79 Å². The third-order valence-corrected chi connectivity index (χ3v) is 1.98. The second-order valence-corrected chi connectivity index (χ2v) is 3.06. The number of aliphatic carboxylic acids is 1. The lowest BCUT2D eigenvalue weighted by atomic mass is 10.2. The highest BCUT2D eigenvalue weighted by molar-refractivity contribution is 5.84. The SMILES string of the molecule is CC1(C(=O)O)Nc2ccccc2O1. The molecule has 1 heterocycles. The molecular formula is C9H9NO3. The van der Waals surface area contributed by atoms with Crippen LogP contribution >= 0.6 is 0 Å². The molecule has 0 aromatic heterocycles. The minimum Gasteiger partial charge on any atom is -0.477 e. The Morgan fingerprint density at radius 3 is 2.85 bits per heavy atom. The van der Waals surface area contributed by atoms with E-state index < -0.39 is 11.7 Å². The highest BCUT2D eigenvalue weighted by Crippen LogP contribution is 2.35. The molecule has 13 heavy (non-hydrogen) atoms. The Morgan fingerprint density at radius 2 is 2.23 bits per heavy atom. The van der Waals surface area contributed by atoms with E-state index in [-0.39, 0.29) is 0 Å². The number of para-hydroxylation sites is 2. The van der Waals surface area contributed by atoms with Gasteiger partial charge in [0, 0.05) is 6.92 Å². The van der Waals surface area contributed by atoms with Crippen molar-refractivity contribution >= 4 is 11.7 Å². The average molecular weight is 179 g/mol. The highest BCUT2D eigenvalue weighted by atomic mass is 16.6. The maximum atomic E-state index is 10.8. The number of fused-ring (bicyclic) bond motifs is 1. The summed E-state index contributed by atoms with van der Waals surface area (Å²) in [6.07, 6.45) is 0. The molecule has 0 aliphatic carbocycles. The molecule has 0 saturated carbocycles. The lowest BCUT2D eigenvalue weighted by molar-refractivity contribution is -0.150. The maximum absolute atomic E-state index is 10.8. The standard InChI is InChI=1S/C9H9NO3/c1-9(8(11)12)10-6-4-2-3-5-7(6)13-9/h2-5,10H,1H3,(H,11,12). The number of carboxylic acids is 1. The molecule has 2 rings (SSSR count). The van der Waals surface area contributed by atoms with Crippen LogP contribution in [-0.4, -0.2) is 16.8 Å². The van der Waals surface area contributed by atoms with Crippen molar-refractivity contribution in [3.05, 3.63) is 24.3 Å². The number of hydrogen-bond acceptors (Lipinski definition) is 3. The van der Waals surface area contributed by atoms with E-state index in [1.165, 1.54) is 6.92 Å². The van der Waals surface area contributed by atoms with Crippen LogP contribution in [0, 0.1) is 0 Å². The number of nitrogens with one attached hydrogen (secondary N) is 1. The average Bonchev–Trinajstić information content (AvgIpc) is 2.42. The Balaban J connectivity index is 2.37. The molecule has 1 unspecified atom stereocenters. The van der Waals surface area contributed by atoms with E-state index in [1.807, 2.05) is 6.07 Å². The van der Waals surface area contributed by atoms with Crippen molar-refractivity contribution in [3.8, 4) is 5.75 Å². The molecule has 0 fully saturated rings. The number of benzene rings is 1. The lowest BCUT2D eigenvalue weighted by Crippen LogP contribution is -2.45. The van der Waals surface area contributed by atoms with Gasteiger partial charge < -0.3 is 15.2 Å². The number of carboxylic acid groups (broad SMARTS) is 1. The van der Waals surface area contributed by atoms with Gasteiger partial charge in [0.25, 0.3) is 5.72 Å². The Kier molecular flexibility index (Phi) is 1.45. The lowest BCUT2D eigenvalue weighted by Gasteiger charge is -2.18. The van der Waals surface area contributed by atoms with Crippen molar-refractivity contribution < 1.29 is 14.6 Å². The number of anilines is 1. The highest BCUT2D eigenvalue weighted by Gasteiger charge is 2.41. The molecule has 1 aromatic carbocycles. The molecule has 0 bridgehead atoms. The quantitative estimate of drug-likeness (QED) is 0.682. The van der Waals surface area contributed by atoms with Gasteiger partial charge in [-0.3, -0.25) is 0 Å². The van der Waals surface area contributed by atoms with E-state index in [4.69, 9.17) is 9.84 Å². The fraction of sp³-hybridized carbons (Fsp3) is 0.222. The van der Waals surface area contributed by atoms with Gasteiger partial charge in [-0.25, -0.2) is 4.79 Å². The summed E-state index contributed by atoms with van der Waals surface area (Å²) in [5.41, 5.74) is -0.614. The zero-order valence-corrected chi connectivity index (χ0v) is 7.07. The second kappa shape index (κ2) is 2.39. The van der Waals surface area contributed by atoms with Crippen molar-refractivity contribution in [1.29, 1.82) is 0 Å². The van der Waals surface area contributed by atoms with Crippen molar-refractivity contribution in [2.24, 2.45) is 0 Å². The first-order chi connectivity index (χ1) is 6.12. The second-order valence-electron chi connectivity index (χ2n) is 3.06.